The van der Waals surface area contributed by atoms with Gasteiger partial charge in [0.2, 0.25) is 6.41 Å². The van der Waals surface area contributed by atoms with Crippen molar-refractivity contribution in [1.82, 2.24) is 0 Å². The zero-order valence-electron chi connectivity index (χ0n) is 9.87. The first-order valence-electron chi connectivity index (χ1n) is 5.22. The van der Waals surface area contributed by atoms with Crippen molar-refractivity contribution in [3.8, 4) is 0 Å². The number of allylic oxidation sites excluding steroid dienone is 2. The lowest BCUT2D eigenvalue weighted by Crippen LogP contribution is -1.97. The largest absolute Gasteiger partial charge is 0.328 e. The third-order valence-corrected chi connectivity index (χ3v) is 2.00. The quantitative estimate of drug-likeness (QED) is 0.749. The molecule has 15 heavy (non-hydrogen) atoms. The first-order chi connectivity index (χ1) is 7.29. The maximum absolute atomic E-state index is 10.3. The van der Waals surface area contributed by atoms with Crippen LogP contribution in [0.2, 0.25) is 0 Å². The Labute approximate surface area is 92.0 Å². The van der Waals surface area contributed by atoms with Crippen molar-refractivity contribution in [2.24, 2.45) is 0 Å². The van der Waals surface area contributed by atoms with E-state index in [1.807, 2.05) is 58.0 Å². The average Bonchev–Trinajstić information content (AvgIpc) is 2.32. The summed E-state index contributed by atoms with van der Waals surface area (Å²) in [7, 11) is 0. The molecule has 0 bridgehead atoms. The normalized spacial score (nSPS) is 10.0. The number of nitrogens with one attached hydrogen (secondary N) is 1. The van der Waals surface area contributed by atoms with Crippen molar-refractivity contribution in [3.05, 3.63) is 35.9 Å². The SMILES string of the molecule is C/C=C(/C)c1ccccc1NC=O.CC. The van der Waals surface area contributed by atoms with Gasteiger partial charge in [-0.1, -0.05) is 38.1 Å². The summed E-state index contributed by atoms with van der Waals surface area (Å²) in [6.07, 6.45) is 2.72. The molecule has 0 heterocycles. The zero-order valence-corrected chi connectivity index (χ0v) is 9.87. The molecule has 82 valence electrons. The van der Waals surface area contributed by atoms with Crippen LogP contribution in [0.4, 0.5) is 5.69 Å². The Kier molecular flexibility index (Phi) is 6.98. The van der Waals surface area contributed by atoms with Gasteiger partial charge in [-0.3, -0.25) is 4.79 Å². The molecular weight excluding hydrogens is 186 g/mol. The van der Waals surface area contributed by atoms with Crippen molar-refractivity contribution in [3.63, 3.8) is 0 Å². The van der Waals surface area contributed by atoms with E-state index in [1.165, 1.54) is 0 Å². The summed E-state index contributed by atoms with van der Waals surface area (Å²) in [5, 5.41) is 2.67. The number of carbonyl (C=O) groups is 1. The van der Waals surface area contributed by atoms with Gasteiger partial charge in [-0.05, 0) is 25.5 Å². The summed E-state index contributed by atoms with van der Waals surface area (Å²) in [4.78, 5) is 10.3. The second kappa shape index (κ2) is 7.80. The van der Waals surface area contributed by atoms with E-state index in [2.05, 4.69) is 5.32 Å². The summed E-state index contributed by atoms with van der Waals surface area (Å²) < 4.78 is 0. The molecule has 0 aliphatic heterocycles. The van der Waals surface area contributed by atoms with Crippen molar-refractivity contribution in [2.75, 3.05) is 5.32 Å². The van der Waals surface area contributed by atoms with E-state index < -0.39 is 0 Å². The molecular formula is C13H19NO. The number of rotatable bonds is 3. The number of para-hydroxylation sites is 1. The summed E-state index contributed by atoms with van der Waals surface area (Å²) in [6, 6.07) is 7.73. The Morgan fingerprint density at radius 1 is 1.27 bits per heavy atom. The van der Waals surface area contributed by atoms with E-state index in [1.54, 1.807) is 0 Å². The van der Waals surface area contributed by atoms with Gasteiger partial charge in [-0.2, -0.15) is 0 Å². The second-order valence-corrected chi connectivity index (χ2v) is 2.78. The molecule has 0 aliphatic rings. The summed E-state index contributed by atoms with van der Waals surface area (Å²) >= 11 is 0. The molecule has 1 N–H and O–H groups in total. The van der Waals surface area contributed by atoms with E-state index in [-0.39, 0.29) is 0 Å². The van der Waals surface area contributed by atoms with Gasteiger partial charge < -0.3 is 5.32 Å². The second-order valence-electron chi connectivity index (χ2n) is 2.78. The summed E-state index contributed by atoms with van der Waals surface area (Å²) in [5.74, 6) is 0. The molecule has 0 saturated heterocycles. The third kappa shape index (κ3) is 3.98. The van der Waals surface area contributed by atoms with Gasteiger partial charge >= 0.3 is 0 Å². The van der Waals surface area contributed by atoms with Crippen LogP contribution in [0.15, 0.2) is 30.3 Å². The van der Waals surface area contributed by atoms with E-state index in [0.717, 1.165) is 16.8 Å². The molecule has 2 heteroatoms. The fraction of sp³-hybridized carbons (Fsp3) is 0.308. The monoisotopic (exact) mass is 205 g/mol. The fourth-order valence-corrected chi connectivity index (χ4v) is 1.17. The number of hydrogen-bond acceptors (Lipinski definition) is 1. The Bertz CT molecular complexity index is 329. The van der Waals surface area contributed by atoms with Crippen LogP contribution in [0.5, 0.6) is 0 Å². The minimum absolute atomic E-state index is 0.696. The topological polar surface area (TPSA) is 29.1 Å². The number of hydrogen-bond donors (Lipinski definition) is 1. The van der Waals surface area contributed by atoms with Gasteiger partial charge in [-0.25, -0.2) is 0 Å². The van der Waals surface area contributed by atoms with Crippen LogP contribution >= 0.6 is 0 Å². The zero-order chi connectivity index (χ0) is 11.7. The van der Waals surface area contributed by atoms with Gasteiger partial charge in [0.15, 0.2) is 0 Å². The minimum atomic E-state index is 0.696. The van der Waals surface area contributed by atoms with Crippen molar-refractivity contribution in [2.45, 2.75) is 27.7 Å². The molecule has 0 fully saturated rings. The molecule has 0 radical (unpaired) electrons. The average molecular weight is 205 g/mol. The molecule has 0 saturated carbocycles. The Morgan fingerprint density at radius 3 is 2.40 bits per heavy atom. The van der Waals surface area contributed by atoms with Gasteiger partial charge in [-0.15, -0.1) is 0 Å². The van der Waals surface area contributed by atoms with Gasteiger partial charge in [0.1, 0.15) is 0 Å². The van der Waals surface area contributed by atoms with E-state index in [4.69, 9.17) is 0 Å². The molecule has 2 nitrogen and oxygen atoms in total. The number of carbonyl (C=O) groups excluding carboxylic acids is 1. The predicted octanol–water partition coefficient (Wildman–Crippen LogP) is 3.70. The highest BCUT2D eigenvalue weighted by Crippen LogP contribution is 2.22. The maximum atomic E-state index is 10.3. The molecule has 0 atom stereocenters. The summed E-state index contributed by atoms with van der Waals surface area (Å²) in [6.45, 7) is 8.00. The van der Waals surface area contributed by atoms with Crippen molar-refractivity contribution < 1.29 is 4.79 Å². The van der Waals surface area contributed by atoms with E-state index >= 15 is 0 Å². The number of amides is 1. The first-order valence-corrected chi connectivity index (χ1v) is 5.22. The van der Waals surface area contributed by atoms with Gasteiger partial charge in [0, 0.05) is 11.3 Å². The molecule has 0 spiro atoms. The molecule has 1 aromatic rings. The van der Waals surface area contributed by atoms with Gasteiger partial charge in [0.05, 0.1) is 0 Å². The van der Waals surface area contributed by atoms with Crippen LogP contribution in [0.25, 0.3) is 5.57 Å². The highest BCUT2D eigenvalue weighted by Gasteiger charge is 2.00. The minimum Gasteiger partial charge on any atom is -0.328 e. The van der Waals surface area contributed by atoms with Crippen LogP contribution in [-0.2, 0) is 4.79 Å². The molecule has 0 aromatic heterocycles. The molecule has 0 unspecified atom stereocenters. The number of anilines is 1. The molecule has 1 aromatic carbocycles. The third-order valence-electron chi connectivity index (χ3n) is 2.00. The van der Waals surface area contributed by atoms with Gasteiger partial charge in [0.25, 0.3) is 0 Å². The van der Waals surface area contributed by atoms with E-state index in [9.17, 15) is 4.79 Å². The smallest absolute Gasteiger partial charge is 0.211 e. The highest BCUT2D eigenvalue weighted by atomic mass is 16.1. The van der Waals surface area contributed by atoms with Crippen LogP contribution in [0.3, 0.4) is 0 Å². The van der Waals surface area contributed by atoms with E-state index in [0.29, 0.717) is 6.41 Å². The summed E-state index contributed by atoms with van der Waals surface area (Å²) in [5.41, 5.74) is 3.08. The lowest BCUT2D eigenvalue weighted by atomic mass is 10.1. The lowest BCUT2D eigenvalue weighted by molar-refractivity contribution is -0.105. The predicted molar refractivity (Wildman–Crippen MR) is 66.8 cm³/mol. The molecule has 1 amide bonds. The lowest BCUT2D eigenvalue weighted by Gasteiger charge is -2.07. The van der Waals surface area contributed by atoms with Crippen LogP contribution in [-0.4, -0.2) is 6.41 Å². The van der Waals surface area contributed by atoms with Crippen molar-refractivity contribution in [1.29, 1.82) is 0 Å². The van der Waals surface area contributed by atoms with Crippen LogP contribution in [0.1, 0.15) is 33.3 Å². The van der Waals surface area contributed by atoms with Crippen molar-refractivity contribution >= 4 is 17.7 Å². The van der Waals surface area contributed by atoms with Crippen LogP contribution < -0.4 is 5.32 Å². The maximum Gasteiger partial charge on any atom is 0.211 e. The fourth-order valence-electron chi connectivity index (χ4n) is 1.17. The first kappa shape index (κ1) is 13.4. The Hall–Kier alpha value is -1.57. The standard InChI is InChI=1S/C11H13NO.C2H6/c1-3-9(2)10-6-4-5-7-11(10)12-8-13;1-2/h3-8H,1-2H3,(H,12,13);1-2H3/b9-3-;. The van der Waals surface area contributed by atoms with Crippen LogP contribution in [0, 0.1) is 0 Å². The Morgan fingerprint density at radius 2 is 1.87 bits per heavy atom. The molecule has 0 aliphatic carbocycles. The Balaban J connectivity index is 0.000000921. The highest BCUT2D eigenvalue weighted by molar-refractivity contribution is 5.82. The number of benzene rings is 1. The molecule has 1 rings (SSSR count).